The molecule has 15 heavy (non-hydrogen) atoms. The van der Waals surface area contributed by atoms with Crippen molar-refractivity contribution < 1.29 is 0 Å². The van der Waals surface area contributed by atoms with Crippen molar-refractivity contribution in [1.29, 1.82) is 0 Å². The quantitative estimate of drug-likeness (QED) is 0.871. The minimum atomic E-state index is 0.306. The topological polar surface area (TPSA) is 29.3 Å². The van der Waals surface area contributed by atoms with Crippen molar-refractivity contribution >= 4 is 44.5 Å². The van der Waals surface area contributed by atoms with Crippen molar-refractivity contribution in [2.24, 2.45) is 5.73 Å². The summed E-state index contributed by atoms with van der Waals surface area (Å²) in [6.07, 6.45) is 2.32. The Kier molecular flexibility index (Phi) is 3.77. The zero-order valence-electron chi connectivity index (χ0n) is 8.28. The van der Waals surface area contributed by atoms with E-state index < -0.39 is 0 Å². The molecule has 2 nitrogen and oxygen atoms in total. The molecule has 0 amide bonds. The van der Waals surface area contributed by atoms with Crippen LogP contribution < -0.4 is 5.73 Å². The Labute approximate surface area is 108 Å². The van der Waals surface area contributed by atoms with E-state index in [-0.39, 0.29) is 0 Å². The molecule has 1 aliphatic rings. The minimum Gasteiger partial charge on any atom is -0.392 e. The van der Waals surface area contributed by atoms with Gasteiger partial charge in [0.15, 0.2) is 0 Å². The van der Waals surface area contributed by atoms with Gasteiger partial charge in [-0.15, -0.1) is 11.3 Å². The van der Waals surface area contributed by atoms with Crippen molar-refractivity contribution in [3.63, 3.8) is 0 Å². The maximum Gasteiger partial charge on any atom is 0.0902 e. The zero-order valence-corrected chi connectivity index (χ0v) is 11.5. The van der Waals surface area contributed by atoms with Crippen LogP contribution in [0.1, 0.15) is 17.7 Å². The summed E-state index contributed by atoms with van der Waals surface area (Å²) in [4.78, 5) is 4.38. The Balaban J connectivity index is 2.02. The summed E-state index contributed by atoms with van der Waals surface area (Å²) < 4.78 is 1.18. The van der Waals surface area contributed by atoms with Gasteiger partial charge < -0.3 is 5.73 Å². The van der Waals surface area contributed by atoms with Crippen molar-refractivity contribution in [3.8, 4) is 0 Å². The lowest BCUT2D eigenvalue weighted by Gasteiger charge is -2.22. The van der Waals surface area contributed by atoms with Gasteiger partial charge in [0.05, 0.1) is 14.8 Å². The summed E-state index contributed by atoms with van der Waals surface area (Å²) in [5, 5.41) is 0. The van der Waals surface area contributed by atoms with Gasteiger partial charge in [-0.05, 0) is 47.4 Å². The van der Waals surface area contributed by atoms with E-state index in [1.165, 1.54) is 15.1 Å². The third-order valence-electron chi connectivity index (χ3n) is 2.68. The lowest BCUT2D eigenvalue weighted by molar-refractivity contribution is 0.298. The van der Waals surface area contributed by atoms with Crippen molar-refractivity contribution in [2.45, 2.75) is 25.4 Å². The molecular formula is C10H13BrN2S2. The molecule has 2 heterocycles. The van der Waals surface area contributed by atoms with Crippen LogP contribution in [0, 0.1) is 0 Å². The summed E-state index contributed by atoms with van der Waals surface area (Å²) in [7, 11) is 0. The summed E-state index contributed by atoms with van der Waals surface area (Å²) in [6, 6.07) is 4.55. The highest BCUT2D eigenvalue weighted by atomic mass is 79.9. The Morgan fingerprint density at radius 3 is 3.07 bits per heavy atom. The van der Waals surface area contributed by atoms with Gasteiger partial charge in [0.2, 0.25) is 0 Å². The monoisotopic (exact) mass is 304 g/mol. The van der Waals surface area contributed by atoms with Gasteiger partial charge in [0, 0.05) is 11.4 Å². The molecule has 0 saturated carbocycles. The van der Waals surface area contributed by atoms with Crippen LogP contribution in [-0.2, 0) is 6.54 Å². The van der Waals surface area contributed by atoms with Crippen molar-refractivity contribution in [3.05, 3.63) is 20.8 Å². The molecule has 2 rings (SSSR count). The smallest absolute Gasteiger partial charge is 0.0902 e. The van der Waals surface area contributed by atoms with Crippen LogP contribution in [-0.4, -0.2) is 22.5 Å². The highest BCUT2D eigenvalue weighted by Gasteiger charge is 2.26. The number of rotatable bonds is 3. The Bertz CT molecular complexity index is 364. The first kappa shape index (κ1) is 11.5. The molecule has 1 fully saturated rings. The number of hydrogen-bond acceptors (Lipinski definition) is 3. The first-order chi connectivity index (χ1) is 7.16. The van der Waals surface area contributed by atoms with E-state index in [4.69, 9.17) is 18.0 Å². The van der Waals surface area contributed by atoms with Crippen LogP contribution in [0.25, 0.3) is 0 Å². The summed E-state index contributed by atoms with van der Waals surface area (Å²) in [5.74, 6) is 0. The number of halogens is 1. The Morgan fingerprint density at radius 2 is 2.47 bits per heavy atom. The number of nitrogens with two attached hydrogens (primary N) is 1. The molecule has 0 aromatic carbocycles. The van der Waals surface area contributed by atoms with Crippen molar-refractivity contribution in [2.75, 3.05) is 6.54 Å². The third-order valence-corrected chi connectivity index (χ3v) is 4.56. The lowest BCUT2D eigenvalue weighted by atomic mass is 10.2. The molecule has 1 saturated heterocycles. The Hall–Kier alpha value is 0.0300. The highest BCUT2D eigenvalue weighted by Crippen LogP contribution is 2.26. The van der Waals surface area contributed by atoms with Gasteiger partial charge in [-0.1, -0.05) is 12.2 Å². The number of hydrogen-bond donors (Lipinski definition) is 1. The Morgan fingerprint density at radius 1 is 1.67 bits per heavy atom. The average Bonchev–Trinajstić information content (AvgIpc) is 2.75. The first-order valence-electron chi connectivity index (χ1n) is 4.94. The van der Waals surface area contributed by atoms with E-state index in [9.17, 15) is 0 Å². The number of likely N-dealkylation sites (tertiary alicyclic amines) is 1. The van der Waals surface area contributed by atoms with Gasteiger partial charge in [-0.25, -0.2) is 0 Å². The van der Waals surface area contributed by atoms with Crippen LogP contribution in [0.5, 0.6) is 0 Å². The average molecular weight is 305 g/mol. The molecule has 1 aromatic rings. The summed E-state index contributed by atoms with van der Waals surface area (Å²) in [6.45, 7) is 2.08. The standard InChI is InChI=1S/C10H13BrN2S2/c11-9-4-3-7(15-9)6-13-5-1-2-8(13)10(12)14/h3-4,8H,1-2,5-6H2,(H2,12,14). The lowest BCUT2D eigenvalue weighted by Crippen LogP contribution is -2.38. The number of thiophene rings is 1. The second-order valence-corrected chi connectivity index (χ2v) is 6.76. The van der Waals surface area contributed by atoms with Crippen LogP contribution in [0.2, 0.25) is 0 Å². The van der Waals surface area contributed by atoms with E-state index in [1.54, 1.807) is 11.3 Å². The van der Waals surface area contributed by atoms with Crippen LogP contribution >= 0.6 is 39.5 Å². The number of thiocarbonyl (C=S) groups is 1. The summed E-state index contributed by atoms with van der Waals surface area (Å²) >= 11 is 10.3. The fourth-order valence-corrected chi connectivity index (χ4v) is 3.75. The van der Waals surface area contributed by atoms with E-state index >= 15 is 0 Å². The van der Waals surface area contributed by atoms with Gasteiger partial charge in [-0.3, -0.25) is 4.90 Å². The molecule has 0 spiro atoms. The molecule has 1 atom stereocenters. The van der Waals surface area contributed by atoms with Gasteiger partial charge in [0.1, 0.15) is 0 Å². The summed E-state index contributed by atoms with van der Waals surface area (Å²) in [5.41, 5.74) is 5.73. The van der Waals surface area contributed by atoms with Gasteiger partial charge >= 0.3 is 0 Å². The predicted octanol–water partition coefficient (Wildman–Crippen LogP) is 2.76. The molecule has 2 N–H and O–H groups in total. The highest BCUT2D eigenvalue weighted by molar-refractivity contribution is 9.11. The normalized spacial score (nSPS) is 22.1. The fraction of sp³-hybridized carbons (Fsp3) is 0.500. The molecule has 82 valence electrons. The van der Waals surface area contributed by atoms with E-state index in [0.29, 0.717) is 11.0 Å². The maximum absolute atomic E-state index is 5.73. The van der Waals surface area contributed by atoms with Crippen molar-refractivity contribution in [1.82, 2.24) is 4.90 Å². The molecule has 0 aliphatic carbocycles. The molecule has 1 unspecified atom stereocenters. The van der Waals surface area contributed by atoms with Gasteiger partial charge in [0.25, 0.3) is 0 Å². The molecule has 1 aliphatic heterocycles. The van der Waals surface area contributed by atoms with Crippen LogP contribution in [0.15, 0.2) is 15.9 Å². The second-order valence-electron chi connectivity index (χ2n) is 3.74. The molecule has 0 radical (unpaired) electrons. The third kappa shape index (κ3) is 2.78. The number of nitrogens with zero attached hydrogens (tertiary/aromatic N) is 1. The predicted molar refractivity (Wildman–Crippen MR) is 72.2 cm³/mol. The van der Waals surface area contributed by atoms with E-state index in [1.807, 2.05) is 0 Å². The second kappa shape index (κ2) is 4.91. The maximum atomic E-state index is 5.73. The molecule has 1 aromatic heterocycles. The zero-order chi connectivity index (χ0) is 10.8. The SMILES string of the molecule is NC(=S)C1CCCN1Cc1ccc(Br)s1. The fourth-order valence-electron chi connectivity index (χ4n) is 1.97. The van der Waals surface area contributed by atoms with E-state index in [0.717, 1.165) is 19.5 Å². The largest absolute Gasteiger partial charge is 0.392 e. The molecule has 0 bridgehead atoms. The molecule has 5 heteroatoms. The van der Waals surface area contributed by atoms with Gasteiger partial charge in [-0.2, -0.15) is 0 Å². The van der Waals surface area contributed by atoms with Crippen LogP contribution in [0.4, 0.5) is 0 Å². The first-order valence-corrected chi connectivity index (χ1v) is 6.96. The van der Waals surface area contributed by atoms with E-state index in [2.05, 4.69) is 33.0 Å². The van der Waals surface area contributed by atoms with Crippen LogP contribution in [0.3, 0.4) is 0 Å². The minimum absolute atomic E-state index is 0.306. The molecular weight excluding hydrogens is 292 g/mol.